The highest BCUT2D eigenvalue weighted by molar-refractivity contribution is 7.89. The van der Waals surface area contributed by atoms with Crippen LogP contribution in [0.4, 0.5) is 13.2 Å². The maximum absolute atomic E-state index is 12.8. The van der Waals surface area contributed by atoms with Crippen LogP contribution in [0, 0.1) is 0 Å². The van der Waals surface area contributed by atoms with Crippen LogP contribution in [-0.2, 0) is 16.2 Å². The molecule has 0 radical (unpaired) electrons. The predicted molar refractivity (Wildman–Crippen MR) is 79.3 cm³/mol. The highest BCUT2D eigenvalue weighted by atomic mass is 32.2. The van der Waals surface area contributed by atoms with Crippen molar-refractivity contribution in [2.24, 2.45) is 0 Å². The van der Waals surface area contributed by atoms with E-state index in [-0.39, 0.29) is 10.9 Å². The van der Waals surface area contributed by atoms with Gasteiger partial charge in [0.2, 0.25) is 10.0 Å². The molecule has 1 N–H and O–H groups in total. The van der Waals surface area contributed by atoms with Gasteiger partial charge in [-0.05, 0) is 44.5 Å². The summed E-state index contributed by atoms with van der Waals surface area (Å²) in [5, 5.41) is 3.17. The minimum absolute atomic E-state index is 0.136. The van der Waals surface area contributed by atoms with Crippen molar-refractivity contribution >= 4 is 10.0 Å². The molecule has 5 nitrogen and oxygen atoms in total. The second-order valence-corrected chi connectivity index (χ2v) is 7.36. The number of alkyl halides is 3. The maximum Gasteiger partial charge on any atom is 0.433 e. The SMILES string of the molecule is CCCN(C1CCNCC1)S(=O)(=O)c1ccc(C(F)(F)F)nc1. The molecular weight excluding hydrogens is 331 g/mol. The molecule has 0 bridgehead atoms. The molecule has 0 aliphatic carbocycles. The zero-order valence-electron chi connectivity index (χ0n) is 12.8. The molecule has 23 heavy (non-hydrogen) atoms. The van der Waals surface area contributed by atoms with Crippen molar-refractivity contribution in [3.63, 3.8) is 0 Å². The van der Waals surface area contributed by atoms with Crippen molar-refractivity contribution in [2.45, 2.75) is 43.3 Å². The third-order valence-corrected chi connectivity index (χ3v) is 5.73. The summed E-state index contributed by atoms with van der Waals surface area (Å²) in [6.07, 6.45) is -1.78. The lowest BCUT2D eigenvalue weighted by Crippen LogP contribution is -2.46. The van der Waals surface area contributed by atoms with Gasteiger partial charge in [0, 0.05) is 18.8 Å². The molecule has 1 aromatic rings. The van der Waals surface area contributed by atoms with Crippen LogP contribution in [0.3, 0.4) is 0 Å². The van der Waals surface area contributed by atoms with Crippen molar-refractivity contribution in [3.8, 4) is 0 Å². The maximum atomic E-state index is 12.8. The molecule has 2 rings (SSSR count). The lowest BCUT2D eigenvalue weighted by Gasteiger charge is -2.33. The molecule has 0 spiro atoms. The number of piperidine rings is 1. The van der Waals surface area contributed by atoms with Crippen LogP contribution in [0.1, 0.15) is 31.9 Å². The van der Waals surface area contributed by atoms with E-state index in [1.54, 1.807) is 0 Å². The van der Waals surface area contributed by atoms with Crippen molar-refractivity contribution in [1.82, 2.24) is 14.6 Å². The van der Waals surface area contributed by atoms with E-state index in [1.807, 2.05) is 6.92 Å². The van der Waals surface area contributed by atoms with Gasteiger partial charge in [-0.2, -0.15) is 17.5 Å². The zero-order valence-corrected chi connectivity index (χ0v) is 13.6. The minimum Gasteiger partial charge on any atom is -0.317 e. The molecule has 0 saturated carbocycles. The number of hydrogen-bond acceptors (Lipinski definition) is 4. The molecular formula is C14H20F3N3O2S. The van der Waals surface area contributed by atoms with Crippen LogP contribution in [0.2, 0.25) is 0 Å². The van der Waals surface area contributed by atoms with Gasteiger partial charge in [-0.25, -0.2) is 8.42 Å². The Labute approximate surface area is 133 Å². The van der Waals surface area contributed by atoms with E-state index in [9.17, 15) is 21.6 Å². The van der Waals surface area contributed by atoms with Crippen LogP contribution in [0.25, 0.3) is 0 Å². The number of sulfonamides is 1. The standard InChI is InChI=1S/C14H20F3N3O2S/c1-2-9-20(11-5-7-18-8-6-11)23(21,22)12-3-4-13(19-10-12)14(15,16)17/h3-4,10-11,18H,2,5-9H2,1H3. The number of rotatable bonds is 5. The summed E-state index contributed by atoms with van der Waals surface area (Å²) in [5.74, 6) is 0. The summed E-state index contributed by atoms with van der Waals surface area (Å²) in [6, 6.07) is 1.55. The fourth-order valence-corrected chi connectivity index (χ4v) is 4.37. The van der Waals surface area contributed by atoms with Gasteiger partial charge in [-0.15, -0.1) is 0 Å². The molecule has 1 aliphatic rings. The topological polar surface area (TPSA) is 62.3 Å². The molecule has 2 heterocycles. The second kappa shape index (κ2) is 7.14. The van der Waals surface area contributed by atoms with Crippen LogP contribution in [0.15, 0.2) is 23.2 Å². The number of hydrogen-bond donors (Lipinski definition) is 1. The van der Waals surface area contributed by atoms with Gasteiger partial charge in [0.25, 0.3) is 0 Å². The Balaban J connectivity index is 2.29. The van der Waals surface area contributed by atoms with Gasteiger partial charge >= 0.3 is 6.18 Å². The molecule has 1 aliphatic heterocycles. The Bertz CT molecular complexity index is 611. The summed E-state index contributed by atoms with van der Waals surface area (Å²) < 4.78 is 64.6. The number of nitrogens with one attached hydrogen (secondary N) is 1. The Morgan fingerprint density at radius 3 is 2.43 bits per heavy atom. The molecule has 0 aromatic carbocycles. The normalized spacial score (nSPS) is 17.6. The molecule has 0 amide bonds. The molecule has 0 atom stereocenters. The highest BCUT2D eigenvalue weighted by Crippen LogP contribution is 2.29. The Morgan fingerprint density at radius 1 is 1.30 bits per heavy atom. The monoisotopic (exact) mass is 351 g/mol. The summed E-state index contributed by atoms with van der Waals surface area (Å²) in [6.45, 7) is 3.67. The van der Waals surface area contributed by atoms with E-state index in [0.717, 1.165) is 25.4 Å². The van der Waals surface area contributed by atoms with Gasteiger partial charge in [0.15, 0.2) is 0 Å². The van der Waals surface area contributed by atoms with Crippen molar-refractivity contribution in [1.29, 1.82) is 0 Å². The van der Waals surface area contributed by atoms with Gasteiger partial charge in [-0.1, -0.05) is 6.92 Å². The number of halogens is 3. The molecule has 9 heteroatoms. The van der Waals surface area contributed by atoms with Gasteiger partial charge in [0.1, 0.15) is 10.6 Å². The lowest BCUT2D eigenvalue weighted by molar-refractivity contribution is -0.141. The highest BCUT2D eigenvalue weighted by Gasteiger charge is 2.35. The summed E-state index contributed by atoms with van der Waals surface area (Å²) in [5.41, 5.74) is -1.10. The predicted octanol–water partition coefficient (Wildman–Crippen LogP) is 2.25. The third kappa shape index (κ3) is 4.21. The summed E-state index contributed by atoms with van der Waals surface area (Å²) in [4.78, 5) is 3.06. The van der Waals surface area contributed by atoms with Crippen LogP contribution < -0.4 is 5.32 Å². The summed E-state index contributed by atoms with van der Waals surface area (Å²) in [7, 11) is -3.85. The van der Waals surface area contributed by atoms with Crippen molar-refractivity contribution in [3.05, 3.63) is 24.0 Å². The Hall–Kier alpha value is -1.19. The van der Waals surface area contributed by atoms with Crippen LogP contribution in [-0.4, -0.2) is 43.4 Å². The number of pyridine rings is 1. The first kappa shape index (κ1) is 18.2. The molecule has 130 valence electrons. The Morgan fingerprint density at radius 2 is 1.96 bits per heavy atom. The number of nitrogens with zero attached hydrogens (tertiary/aromatic N) is 2. The Kier molecular flexibility index (Phi) is 5.64. The van der Waals surface area contributed by atoms with E-state index in [1.165, 1.54) is 4.31 Å². The van der Waals surface area contributed by atoms with Crippen LogP contribution >= 0.6 is 0 Å². The average molecular weight is 351 g/mol. The molecule has 0 unspecified atom stereocenters. The average Bonchev–Trinajstić information content (AvgIpc) is 2.52. The van der Waals surface area contributed by atoms with Gasteiger partial charge < -0.3 is 5.32 Å². The quantitative estimate of drug-likeness (QED) is 0.884. The first-order valence-corrected chi connectivity index (χ1v) is 8.96. The van der Waals surface area contributed by atoms with E-state index in [2.05, 4.69) is 10.3 Å². The number of aromatic nitrogens is 1. The van der Waals surface area contributed by atoms with Gasteiger partial charge in [-0.3, -0.25) is 4.98 Å². The zero-order chi connectivity index (χ0) is 17.1. The van der Waals surface area contributed by atoms with Gasteiger partial charge in [0.05, 0.1) is 0 Å². The van der Waals surface area contributed by atoms with Crippen LogP contribution in [0.5, 0.6) is 0 Å². The van der Waals surface area contributed by atoms with E-state index < -0.39 is 21.9 Å². The van der Waals surface area contributed by atoms with E-state index in [0.29, 0.717) is 31.9 Å². The lowest BCUT2D eigenvalue weighted by atomic mass is 10.1. The van der Waals surface area contributed by atoms with Crippen molar-refractivity contribution in [2.75, 3.05) is 19.6 Å². The van der Waals surface area contributed by atoms with Crippen molar-refractivity contribution < 1.29 is 21.6 Å². The minimum atomic E-state index is -4.58. The smallest absolute Gasteiger partial charge is 0.317 e. The largest absolute Gasteiger partial charge is 0.433 e. The second-order valence-electron chi connectivity index (χ2n) is 5.47. The first-order valence-electron chi connectivity index (χ1n) is 7.52. The molecule has 1 fully saturated rings. The summed E-state index contributed by atoms with van der Waals surface area (Å²) >= 11 is 0. The first-order chi connectivity index (χ1) is 10.8. The molecule has 1 aromatic heterocycles. The molecule has 1 saturated heterocycles. The fraction of sp³-hybridized carbons (Fsp3) is 0.643. The fourth-order valence-electron chi connectivity index (χ4n) is 2.65. The van der Waals surface area contributed by atoms with E-state index >= 15 is 0 Å². The van der Waals surface area contributed by atoms with E-state index in [4.69, 9.17) is 0 Å². The third-order valence-electron chi connectivity index (χ3n) is 3.79.